The number of hydrogen-bond donors (Lipinski definition) is 0. The van der Waals surface area contributed by atoms with Gasteiger partial charge in [0.15, 0.2) is 11.2 Å². The van der Waals surface area contributed by atoms with E-state index in [1.165, 1.54) is 16.8 Å². The van der Waals surface area contributed by atoms with Crippen molar-refractivity contribution in [3.63, 3.8) is 0 Å². The fraction of sp³-hybridized carbons (Fsp3) is 0.536. The summed E-state index contributed by atoms with van der Waals surface area (Å²) in [6.45, 7) is 6.24. The summed E-state index contributed by atoms with van der Waals surface area (Å²) in [5.74, 6) is -2.77. The molecular weight excluding hydrogens is 503 g/mol. The van der Waals surface area contributed by atoms with Crippen molar-refractivity contribution in [2.45, 2.75) is 71.1 Å². The first kappa shape index (κ1) is 28.9. The molecule has 0 N–H and O–H groups in total. The number of fused-ring (bicyclic) bond motifs is 4. The van der Waals surface area contributed by atoms with Crippen molar-refractivity contribution >= 4 is 11.7 Å². The Bertz CT molecular complexity index is 1300. The van der Waals surface area contributed by atoms with E-state index in [9.17, 15) is 28.3 Å². The molecule has 198 valence electrons. The third-order valence-electron chi connectivity index (χ3n) is 8.01. The van der Waals surface area contributed by atoms with Crippen LogP contribution in [0, 0.1) is 23.5 Å². The van der Waals surface area contributed by atoms with E-state index in [2.05, 4.69) is 18.7 Å². The van der Waals surface area contributed by atoms with Gasteiger partial charge in [0, 0.05) is 37.8 Å². The van der Waals surface area contributed by atoms with E-state index in [0.717, 1.165) is 50.9 Å². The summed E-state index contributed by atoms with van der Waals surface area (Å²) < 4.78 is 28.7. The van der Waals surface area contributed by atoms with E-state index in [1.807, 2.05) is 4.90 Å². The van der Waals surface area contributed by atoms with E-state index in [-0.39, 0.29) is 71.4 Å². The monoisotopic (exact) mass is 535 g/mol. The molecule has 7 nitrogen and oxygen atoms in total. The first-order chi connectivity index (χ1) is 17.7. The van der Waals surface area contributed by atoms with Crippen molar-refractivity contribution in [1.82, 2.24) is 14.4 Å². The number of ketones is 1. The maximum absolute atomic E-state index is 14.0. The SMILES string of the molecule is CC(C)CN1C[C@@H]2CCCC[C@@H]2N2C(=O)c3c([O-])c(=O)c(C(=O)CCc4ccc(F)cc4F)cn3C[C@@H]12.[Na+]. The Balaban J connectivity index is 0.00000336. The smallest absolute Gasteiger partial charge is 0.868 e. The standard InChI is InChI=1S/C28H33F2N3O4.Na/c1-16(2)12-31-13-18-5-3-4-6-22(18)33-24(31)15-32-14-20(26(35)27(36)25(32)28(33)37)23(34)10-8-17-7-9-19(29)11-21(17)30;/h7,9,11,14,16,18,22,24,36H,3-6,8,10,12-13,15H2,1-2H3;/q;+1/p-1/t18-,22-,24-;/m0./s1. The van der Waals surface area contributed by atoms with Gasteiger partial charge in [0.1, 0.15) is 23.5 Å². The predicted molar refractivity (Wildman–Crippen MR) is 131 cm³/mol. The van der Waals surface area contributed by atoms with Crippen LogP contribution in [0.2, 0.25) is 0 Å². The molecule has 0 radical (unpaired) electrons. The summed E-state index contributed by atoms with van der Waals surface area (Å²) >= 11 is 0. The van der Waals surface area contributed by atoms with E-state index in [1.54, 1.807) is 0 Å². The quantitative estimate of drug-likeness (QED) is 0.393. The molecule has 2 aromatic rings. The summed E-state index contributed by atoms with van der Waals surface area (Å²) in [6.07, 6.45) is 4.90. The van der Waals surface area contributed by atoms with Crippen molar-refractivity contribution in [3.8, 4) is 5.75 Å². The molecule has 0 unspecified atom stereocenters. The van der Waals surface area contributed by atoms with Crippen molar-refractivity contribution in [2.75, 3.05) is 13.1 Å². The van der Waals surface area contributed by atoms with Crippen LogP contribution < -0.4 is 40.1 Å². The zero-order valence-corrected chi connectivity index (χ0v) is 24.2. The van der Waals surface area contributed by atoms with Gasteiger partial charge in [-0.3, -0.25) is 19.3 Å². The average Bonchev–Trinajstić information content (AvgIpc) is 2.85. The Morgan fingerprint density at radius 3 is 2.58 bits per heavy atom. The van der Waals surface area contributed by atoms with Crippen molar-refractivity contribution in [2.24, 2.45) is 11.8 Å². The minimum Gasteiger partial charge on any atom is -0.868 e. The molecule has 2 aliphatic heterocycles. The number of Topliss-reactive ketones (excluding diaryl/α,β-unsaturated/α-hetero) is 1. The molecule has 3 atom stereocenters. The number of benzene rings is 1. The number of aryl methyl sites for hydroxylation is 1. The number of pyridine rings is 1. The number of carbonyl (C=O) groups excluding carboxylic acids is 2. The largest absolute Gasteiger partial charge is 1.00 e. The van der Waals surface area contributed by atoms with Crippen LogP contribution >= 0.6 is 0 Å². The minimum absolute atomic E-state index is 0. The second kappa shape index (κ2) is 11.6. The van der Waals surface area contributed by atoms with Gasteiger partial charge in [-0.15, -0.1) is 0 Å². The molecule has 3 heterocycles. The molecule has 1 aromatic carbocycles. The van der Waals surface area contributed by atoms with Gasteiger partial charge in [-0.2, -0.15) is 0 Å². The van der Waals surface area contributed by atoms with Gasteiger partial charge in [-0.05, 0) is 48.5 Å². The fourth-order valence-electron chi connectivity index (χ4n) is 6.35. The van der Waals surface area contributed by atoms with Crippen LogP contribution in [0.3, 0.4) is 0 Å². The molecule has 1 saturated carbocycles. The summed E-state index contributed by atoms with van der Waals surface area (Å²) in [6, 6.07) is 3.15. The molecule has 5 rings (SSSR count). The minimum atomic E-state index is -1.00. The van der Waals surface area contributed by atoms with E-state index >= 15 is 0 Å². The maximum atomic E-state index is 14.0. The molecule has 2 fully saturated rings. The normalized spacial score (nSPS) is 22.9. The van der Waals surface area contributed by atoms with Gasteiger partial charge in [-0.25, -0.2) is 8.78 Å². The fourth-order valence-corrected chi connectivity index (χ4v) is 6.35. The maximum Gasteiger partial charge on any atom is 1.00 e. The molecule has 1 saturated heterocycles. The van der Waals surface area contributed by atoms with Crippen LogP contribution in [0.25, 0.3) is 0 Å². The van der Waals surface area contributed by atoms with Crippen LogP contribution in [-0.2, 0) is 13.0 Å². The summed E-state index contributed by atoms with van der Waals surface area (Å²) in [4.78, 5) is 43.8. The summed E-state index contributed by atoms with van der Waals surface area (Å²) in [5, 5.41) is 13.2. The Labute approximate surface area is 243 Å². The van der Waals surface area contributed by atoms with Crippen molar-refractivity contribution in [1.29, 1.82) is 0 Å². The van der Waals surface area contributed by atoms with Crippen LogP contribution in [0.4, 0.5) is 8.78 Å². The van der Waals surface area contributed by atoms with Gasteiger partial charge in [0.2, 0.25) is 0 Å². The molecular formula is C28H32F2N3NaO4. The Hall–Kier alpha value is -2.07. The second-order valence-corrected chi connectivity index (χ2v) is 11.0. The van der Waals surface area contributed by atoms with Gasteiger partial charge in [0.25, 0.3) is 5.91 Å². The van der Waals surface area contributed by atoms with Crippen molar-refractivity contribution < 1.29 is 53.0 Å². The number of rotatable bonds is 6. The average molecular weight is 536 g/mol. The first-order valence-electron chi connectivity index (χ1n) is 13.1. The molecule has 1 aromatic heterocycles. The van der Waals surface area contributed by atoms with Crippen LogP contribution in [-0.4, -0.2) is 51.4 Å². The van der Waals surface area contributed by atoms with Gasteiger partial charge in [-0.1, -0.05) is 32.8 Å². The van der Waals surface area contributed by atoms with Crippen LogP contribution in [0.1, 0.15) is 72.4 Å². The predicted octanol–water partition coefficient (Wildman–Crippen LogP) is 0.332. The van der Waals surface area contributed by atoms with E-state index < -0.39 is 34.5 Å². The number of carbonyl (C=O) groups is 2. The van der Waals surface area contributed by atoms with Gasteiger partial charge < -0.3 is 14.6 Å². The topological polar surface area (TPSA) is 85.7 Å². The third-order valence-corrected chi connectivity index (χ3v) is 8.01. The Morgan fingerprint density at radius 1 is 1.13 bits per heavy atom. The Morgan fingerprint density at radius 2 is 1.87 bits per heavy atom. The Kier molecular flexibility index (Phi) is 8.81. The zero-order chi connectivity index (χ0) is 26.4. The number of halogens is 2. The van der Waals surface area contributed by atoms with Crippen molar-refractivity contribution in [3.05, 3.63) is 63.1 Å². The van der Waals surface area contributed by atoms with Crippen LogP contribution in [0.5, 0.6) is 5.75 Å². The van der Waals surface area contributed by atoms with E-state index in [0.29, 0.717) is 18.4 Å². The van der Waals surface area contributed by atoms with Crippen LogP contribution in [0.15, 0.2) is 29.2 Å². The van der Waals surface area contributed by atoms with E-state index in [4.69, 9.17) is 0 Å². The third kappa shape index (κ3) is 5.35. The van der Waals surface area contributed by atoms with Gasteiger partial charge >= 0.3 is 29.6 Å². The first-order valence-corrected chi connectivity index (χ1v) is 13.1. The number of hydrogen-bond acceptors (Lipinski definition) is 5. The molecule has 1 aliphatic carbocycles. The number of nitrogens with zero attached hydrogens (tertiary/aromatic N) is 3. The number of amides is 1. The molecule has 0 bridgehead atoms. The summed E-state index contributed by atoms with van der Waals surface area (Å²) in [5.41, 5.74) is -1.33. The molecule has 0 spiro atoms. The summed E-state index contributed by atoms with van der Waals surface area (Å²) in [7, 11) is 0. The number of aromatic nitrogens is 1. The van der Waals surface area contributed by atoms with Gasteiger partial charge in [0.05, 0.1) is 12.1 Å². The molecule has 1 amide bonds. The molecule has 3 aliphatic rings. The zero-order valence-electron chi connectivity index (χ0n) is 22.2. The molecule has 10 heteroatoms. The second-order valence-electron chi connectivity index (χ2n) is 11.0. The molecule has 38 heavy (non-hydrogen) atoms.